The highest BCUT2D eigenvalue weighted by atomic mass is 127. The fourth-order valence-electron chi connectivity index (χ4n) is 4.34. The number of hydrogen-bond acceptors (Lipinski definition) is 5. The van der Waals surface area contributed by atoms with E-state index < -0.39 is 0 Å². The number of phenolic OH excluding ortho intramolecular Hbond substituents is 1. The van der Waals surface area contributed by atoms with E-state index in [0.29, 0.717) is 0 Å². The molecule has 3 N–H and O–H groups in total. The van der Waals surface area contributed by atoms with Gasteiger partial charge in [0.15, 0.2) is 0 Å². The Balaban J connectivity index is 0.00000241. The lowest BCUT2D eigenvalue weighted by molar-refractivity contribution is 0.313. The highest BCUT2D eigenvalue weighted by molar-refractivity contribution is 14.1. The molecule has 0 unspecified atom stereocenters. The maximum atomic E-state index is 9.80. The van der Waals surface area contributed by atoms with Gasteiger partial charge in [-0.25, -0.2) is 9.97 Å². The second kappa shape index (κ2) is 9.09. The van der Waals surface area contributed by atoms with Crippen LogP contribution in [0.4, 0.5) is 5.69 Å². The van der Waals surface area contributed by atoms with Gasteiger partial charge in [0.1, 0.15) is 17.4 Å². The molecule has 0 radical (unpaired) electrons. The second-order valence-electron chi connectivity index (χ2n) is 8.56. The molecule has 7 nitrogen and oxygen atoms in total. The van der Waals surface area contributed by atoms with Crippen LogP contribution in [0.2, 0.25) is 0 Å². The molecule has 1 fully saturated rings. The van der Waals surface area contributed by atoms with Gasteiger partial charge in [-0.05, 0) is 84.2 Å². The van der Waals surface area contributed by atoms with Crippen molar-refractivity contribution in [1.82, 2.24) is 24.8 Å². The van der Waals surface area contributed by atoms with Crippen LogP contribution in [-0.2, 0) is 0 Å². The summed E-state index contributed by atoms with van der Waals surface area (Å²) in [6.45, 7) is 4.26. The zero-order valence-corrected chi connectivity index (χ0v) is 21.5. The molecule has 174 valence electrons. The van der Waals surface area contributed by atoms with Crippen molar-refractivity contribution < 1.29 is 5.11 Å². The van der Waals surface area contributed by atoms with Gasteiger partial charge in [0.05, 0.1) is 25.6 Å². The number of phenols is 1. The van der Waals surface area contributed by atoms with Crippen LogP contribution in [0, 0.1) is 3.57 Å². The minimum absolute atomic E-state index is 0. The van der Waals surface area contributed by atoms with Gasteiger partial charge in [0.2, 0.25) is 0 Å². The van der Waals surface area contributed by atoms with E-state index in [0.717, 1.165) is 74.6 Å². The van der Waals surface area contributed by atoms with E-state index in [9.17, 15) is 5.11 Å². The Morgan fingerprint density at radius 1 is 0.794 bits per heavy atom. The smallest absolute Gasteiger partial charge is 0.138 e. The molecular weight excluding hydrogens is 563 g/mol. The van der Waals surface area contributed by atoms with Crippen molar-refractivity contribution in [2.75, 3.05) is 38.1 Å². The number of anilines is 1. The van der Waals surface area contributed by atoms with E-state index in [1.165, 1.54) is 5.69 Å². The molecule has 9 heteroatoms. The van der Waals surface area contributed by atoms with Crippen molar-refractivity contribution in [1.29, 1.82) is 0 Å². The molecule has 0 aliphatic carbocycles. The summed E-state index contributed by atoms with van der Waals surface area (Å²) in [4.78, 5) is 21.3. The van der Waals surface area contributed by atoms with Gasteiger partial charge in [-0.15, -0.1) is 12.4 Å². The van der Waals surface area contributed by atoms with Crippen molar-refractivity contribution >= 4 is 62.8 Å². The average molecular weight is 587 g/mol. The van der Waals surface area contributed by atoms with Crippen molar-refractivity contribution in [3.05, 3.63) is 58.2 Å². The summed E-state index contributed by atoms with van der Waals surface area (Å²) in [5, 5.41) is 9.80. The predicted molar refractivity (Wildman–Crippen MR) is 148 cm³/mol. The van der Waals surface area contributed by atoms with E-state index in [2.05, 4.69) is 73.7 Å². The minimum Gasteiger partial charge on any atom is -0.507 e. The summed E-state index contributed by atoms with van der Waals surface area (Å²) >= 11 is 2.12. The van der Waals surface area contributed by atoms with Crippen molar-refractivity contribution in [2.45, 2.75) is 0 Å². The molecule has 0 spiro atoms. The zero-order chi connectivity index (χ0) is 22.5. The Hall–Kier alpha value is -2.82. The Labute approximate surface area is 216 Å². The van der Waals surface area contributed by atoms with Crippen molar-refractivity contribution in [2.24, 2.45) is 0 Å². The maximum Gasteiger partial charge on any atom is 0.138 e. The summed E-state index contributed by atoms with van der Waals surface area (Å²) < 4.78 is 0.796. The Bertz CT molecular complexity index is 1490. The fraction of sp³-hybridized carbons (Fsp3) is 0.200. The normalized spacial score (nSPS) is 14.6. The Kier molecular flexibility index (Phi) is 6.13. The molecule has 2 aromatic heterocycles. The first-order valence-electron chi connectivity index (χ1n) is 11.0. The Morgan fingerprint density at radius 2 is 1.38 bits per heavy atom. The minimum atomic E-state index is 0. The number of nitrogens with one attached hydrogen (secondary N) is 2. The number of H-pyrrole nitrogens is 2. The van der Waals surface area contributed by atoms with Crippen LogP contribution in [0.25, 0.3) is 44.8 Å². The molecule has 6 rings (SSSR count). The highest BCUT2D eigenvalue weighted by Gasteiger charge is 2.16. The van der Waals surface area contributed by atoms with Crippen LogP contribution in [0.15, 0.2) is 54.6 Å². The standard InChI is InChI=1S/C25H23IN6O.ClH/c1-31-8-10-32(11-9-31)17-4-6-20-22(14-17)30-25(28-20)16-2-5-19-21(13-16)29-24(27-19)15-3-7-23(33)18(26)12-15;/h2-7,12-14,33H,8-11H2,1H3,(H,27,29)(H,28,30);1H. The highest BCUT2D eigenvalue weighted by Crippen LogP contribution is 2.30. The fourth-order valence-corrected chi connectivity index (χ4v) is 4.86. The average Bonchev–Trinajstić information content (AvgIpc) is 3.44. The Morgan fingerprint density at radius 3 is 2.06 bits per heavy atom. The number of halogens is 2. The molecule has 0 bridgehead atoms. The topological polar surface area (TPSA) is 84.1 Å². The molecule has 5 aromatic rings. The quantitative estimate of drug-likeness (QED) is 0.251. The van der Waals surface area contributed by atoms with Gasteiger partial charge in [-0.2, -0.15) is 0 Å². The van der Waals surface area contributed by atoms with Crippen molar-refractivity contribution in [3.8, 4) is 28.5 Å². The van der Waals surface area contributed by atoms with Gasteiger partial charge in [-0.1, -0.05) is 0 Å². The molecule has 34 heavy (non-hydrogen) atoms. The molecule has 0 amide bonds. The van der Waals surface area contributed by atoms with Gasteiger partial charge >= 0.3 is 0 Å². The lowest BCUT2D eigenvalue weighted by Crippen LogP contribution is -2.44. The number of rotatable bonds is 3. The zero-order valence-electron chi connectivity index (χ0n) is 18.5. The van der Waals surface area contributed by atoms with Gasteiger partial charge in [0, 0.05) is 43.0 Å². The van der Waals surface area contributed by atoms with Crippen LogP contribution >= 0.6 is 35.0 Å². The third kappa shape index (κ3) is 4.21. The van der Waals surface area contributed by atoms with Crippen LogP contribution < -0.4 is 4.90 Å². The maximum absolute atomic E-state index is 9.80. The third-order valence-electron chi connectivity index (χ3n) is 6.31. The lowest BCUT2D eigenvalue weighted by atomic mass is 10.2. The lowest BCUT2D eigenvalue weighted by Gasteiger charge is -2.34. The molecular formula is C25H24ClIN6O. The molecule has 3 heterocycles. The first kappa shape index (κ1) is 22.9. The second-order valence-corrected chi connectivity index (χ2v) is 9.72. The number of nitrogens with zero attached hydrogens (tertiary/aromatic N) is 4. The number of aromatic amines is 2. The van der Waals surface area contributed by atoms with E-state index >= 15 is 0 Å². The number of fused-ring (bicyclic) bond motifs is 2. The molecule has 0 saturated carbocycles. The molecule has 3 aromatic carbocycles. The number of benzene rings is 3. The van der Waals surface area contributed by atoms with E-state index in [1.807, 2.05) is 24.3 Å². The van der Waals surface area contributed by atoms with Crippen LogP contribution in [0.1, 0.15) is 0 Å². The van der Waals surface area contributed by atoms with Gasteiger partial charge in [0.25, 0.3) is 0 Å². The number of imidazole rings is 2. The first-order valence-corrected chi connectivity index (χ1v) is 12.0. The van der Waals surface area contributed by atoms with E-state index in [1.54, 1.807) is 6.07 Å². The van der Waals surface area contributed by atoms with E-state index in [4.69, 9.17) is 9.97 Å². The third-order valence-corrected chi connectivity index (χ3v) is 7.17. The first-order chi connectivity index (χ1) is 16.0. The number of likely N-dealkylation sites (N-methyl/N-ethyl adjacent to an activating group) is 1. The number of piperazine rings is 1. The SMILES string of the molecule is CN1CCN(c2ccc3nc(-c4ccc5nc(-c6ccc(O)c(I)c6)[nH]c5c4)[nH]c3c2)CC1.Cl. The summed E-state index contributed by atoms with van der Waals surface area (Å²) in [5.41, 5.74) is 7.04. The summed E-state index contributed by atoms with van der Waals surface area (Å²) in [7, 11) is 2.17. The van der Waals surface area contributed by atoms with Crippen molar-refractivity contribution in [3.63, 3.8) is 0 Å². The number of aromatic nitrogens is 4. The predicted octanol–water partition coefficient (Wildman–Crippen LogP) is 5.26. The van der Waals surface area contributed by atoms with Gasteiger partial charge < -0.3 is 24.9 Å². The van der Waals surface area contributed by atoms with Crippen LogP contribution in [-0.4, -0.2) is 63.2 Å². The summed E-state index contributed by atoms with van der Waals surface area (Å²) in [6, 6.07) is 18.1. The number of hydrogen-bond donors (Lipinski definition) is 3. The van der Waals surface area contributed by atoms with Crippen LogP contribution in [0.3, 0.4) is 0 Å². The van der Waals surface area contributed by atoms with E-state index in [-0.39, 0.29) is 18.2 Å². The summed E-state index contributed by atoms with van der Waals surface area (Å²) in [6.07, 6.45) is 0. The molecule has 1 saturated heterocycles. The summed E-state index contributed by atoms with van der Waals surface area (Å²) in [5.74, 6) is 1.90. The molecule has 1 aliphatic heterocycles. The monoisotopic (exact) mass is 586 g/mol. The molecule has 1 aliphatic rings. The van der Waals surface area contributed by atoms with Gasteiger partial charge in [-0.3, -0.25) is 0 Å². The number of aromatic hydroxyl groups is 1. The largest absolute Gasteiger partial charge is 0.507 e. The van der Waals surface area contributed by atoms with Crippen LogP contribution in [0.5, 0.6) is 5.75 Å². The molecule has 0 atom stereocenters.